The summed E-state index contributed by atoms with van der Waals surface area (Å²) in [4.78, 5) is 45.2. The quantitative estimate of drug-likeness (QED) is 0.329. The van der Waals surface area contributed by atoms with E-state index in [2.05, 4.69) is 20.9 Å². The Labute approximate surface area is 230 Å². The maximum absolute atomic E-state index is 14.2. The molecular weight excluding hydrogens is 522 g/mol. The van der Waals surface area contributed by atoms with Crippen LogP contribution >= 0.6 is 0 Å². The summed E-state index contributed by atoms with van der Waals surface area (Å²) >= 11 is 0. The van der Waals surface area contributed by atoms with Crippen molar-refractivity contribution < 1.29 is 27.9 Å². The van der Waals surface area contributed by atoms with Crippen LogP contribution in [0.2, 0.25) is 0 Å². The Morgan fingerprint density at radius 1 is 1.15 bits per heavy atom. The lowest BCUT2D eigenvalue weighted by Gasteiger charge is -2.50. The lowest BCUT2D eigenvalue weighted by atomic mass is 9.99. The minimum Gasteiger partial charge on any atom is -0.445 e. The number of hydrogen-bond donors (Lipinski definition) is 3. The van der Waals surface area contributed by atoms with Crippen molar-refractivity contribution in [3.63, 3.8) is 0 Å². The van der Waals surface area contributed by atoms with Crippen molar-refractivity contribution in [3.8, 4) is 0 Å². The van der Waals surface area contributed by atoms with Crippen molar-refractivity contribution in [2.24, 2.45) is 0 Å². The van der Waals surface area contributed by atoms with Gasteiger partial charge in [-0.05, 0) is 23.9 Å². The van der Waals surface area contributed by atoms with Gasteiger partial charge < -0.3 is 25.1 Å². The fourth-order valence-electron chi connectivity index (χ4n) is 4.81. The number of aldehydes is 1. The van der Waals surface area contributed by atoms with Crippen molar-refractivity contribution in [2.45, 2.75) is 25.0 Å². The van der Waals surface area contributed by atoms with Gasteiger partial charge in [-0.3, -0.25) is 10.2 Å². The van der Waals surface area contributed by atoms with Crippen LogP contribution in [0.25, 0.3) is 10.8 Å². The average Bonchev–Trinajstić information content (AvgIpc) is 2.98. The number of nitrogens with zero attached hydrogens (tertiary/aromatic N) is 3. The zero-order valence-electron chi connectivity index (χ0n) is 22.2. The molecule has 0 unspecified atom stereocenters. The van der Waals surface area contributed by atoms with Gasteiger partial charge in [0.25, 0.3) is 0 Å². The van der Waals surface area contributed by atoms with Crippen molar-refractivity contribution in [3.05, 3.63) is 71.9 Å². The van der Waals surface area contributed by atoms with Gasteiger partial charge in [0.15, 0.2) is 11.6 Å². The van der Waals surface area contributed by atoms with Crippen LogP contribution in [0.1, 0.15) is 18.4 Å². The van der Waals surface area contributed by atoms with Crippen LogP contribution in [-0.4, -0.2) is 78.7 Å². The fraction of sp³-hybridized carbons (Fsp3) is 0.357. The number of hydrogen-bond acceptors (Lipinski definition) is 7. The van der Waals surface area contributed by atoms with Gasteiger partial charge in [-0.25, -0.2) is 23.4 Å². The van der Waals surface area contributed by atoms with Crippen LogP contribution in [0.5, 0.6) is 0 Å². The Morgan fingerprint density at radius 2 is 1.90 bits per heavy atom. The smallest absolute Gasteiger partial charge is 0.412 e. The number of piperazine rings is 1. The summed E-state index contributed by atoms with van der Waals surface area (Å²) in [6.07, 6.45) is 1.88. The molecule has 3 N–H and O–H groups in total. The molecular formula is C28H32F2N6O4. The number of likely N-dealkylation sites (N-methyl/N-ethyl adjacent to an activating group) is 1. The molecule has 1 saturated heterocycles. The van der Waals surface area contributed by atoms with Crippen molar-refractivity contribution in [1.82, 2.24) is 25.4 Å². The number of carbonyl (C=O) groups excluding carboxylic acids is 3. The van der Waals surface area contributed by atoms with Gasteiger partial charge in [0.2, 0.25) is 0 Å². The van der Waals surface area contributed by atoms with E-state index in [1.54, 1.807) is 12.3 Å². The topological polar surface area (TPSA) is 116 Å². The van der Waals surface area contributed by atoms with E-state index in [1.165, 1.54) is 24.1 Å². The lowest BCUT2D eigenvalue weighted by molar-refractivity contribution is -0.111. The third-order valence-corrected chi connectivity index (χ3v) is 7.05. The number of nitrogens with one attached hydrogen (secondary N) is 3. The molecule has 4 rings (SSSR count). The number of rotatable bonds is 10. The minimum atomic E-state index is -1.19. The molecule has 1 fully saturated rings. The van der Waals surface area contributed by atoms with Gasteiger partial charge in [0.05, 0.1) is 0 Å². The van der Waals surface area contributed by atoms with Crippen LogP contribution < -0.4 is 16.0 Å². The minimum absolute atomic E-state index is 0.0130. The van der Waals surface area contributed by atoms with Gasteiger partial charge >= 0.3 is 12.1 Å². The highest BCUT2D eigenvalue weighted by atomic mass is 19.2. The largest absolute Gasteiger partial charge is 0.445 e. The molecule has 1 aromatic heterocycles. The molecule has 0 saturated carbocycles. The summed E-state index contributed by atoms with van der Waals surface area (Å²) in [5.74, 6) is -1.75. The number of halogens is 2. The van der Waals surface area contributed by atoms with Gasteiger partial charge in [-0.2, -0.15) is 0 Å². The predicted molar refractivity (Wildman–Crippen MR) is 146 cm³/mol. The highest BCUT2D eigenvalue weighted by Gasteiger charge is 2.44. The van der Waals surface area contributed by atoms with E-state index in [-0.39, 0.29) is 31.6 Å². The van der Waals surface area contributed by atoms with Gasteiger partial charge in [-0.1, -0.05) is 36.4 Å². The molecule has 0 aliphatic carbocycles. The lowest BCUT2D eigenvalue weighted by Crippen LogP contribution is -2.68. The van der Waals surface area contributed by atoms with E-state index in [1.807, 2.05) is 29.2 Å². The first-order chi connectivity index (χ1) is 19.3. The van der Waals surface area contributed by atoms with Crippen LogP contribution in [0.3, 0.4) is 0 Å². The summed E-state index contributed by atoms with van der Waals surface area (Å²) in [6, 6.07) is 12.4. The predicted octanol–water partition coefficient (Wildman–Crippen LogP) is 3.48. The Hall–Kier alpha value is -4.16. The van der Waals surface area contributed by atoms with E-state index in [0.717, 1.165) is 23.1 Å². The molecule has 12 heteroatoms. The number of amides is 3. The normalized spacial score (nSPS) is 15.2. The number of benzene rings is 2. The van der Waals surface area contributed by atoms with Gasteiger partial charge in [-0.15, -0.1) is 0 Å². The molecule has 1 atom stereocenters. The molecule has 0 radical (unpaired) electrons. The van der Waals surface area contributed by atoms with Crippen LogP contribution in [0.4, 0.5) is 24.2 Å². The highest BCUT2D eigenvalue weighted by Crippen LogP contribution is 2.27. The van der Waals surface area contributed by atoms with Crippen molar-refractivity contribution in [2.75, 3.05) is 45.2 Å². The maximum atomic E-state index is 14.2. The number of carbonyl (C=O) groups is 3. The molecule has 1 aliphatic rings. The fourth-order valence-corrected chi connectivity index (χ4v) is 4.81. The zero-order chi connectivity index (χ0) is 28.5. The maximum Gasteiger partial charge on any atom is 0.412 e. The number of urea groups is 1. The molecule has 2 heterocycles. The number of pyridine rings is 1. The molecule has 10 nitrogen and oxygen atoms in total. The third-order valence-electron chi connectivity index (χ3n) is 7.05. The summed E-state index contributed by atoms with van der Waals surface area (Å²) in [6.45, 7) is 1.78. The first-order valence-corrected chi connectivity index (χ1v) is 13.0. The monoisotopic (exact) mass is 554 g/mol. The first kappa shape index (κ1) is 28.8. The summed E-state index contributed by atoms with van der Waals surface area (Å²) in [5.41, 5.74) is -1.21. The molecule has 1 aliphatic heterocycles. The summed E-state index contributed by atoms with van der Waals surface area (Å²) in [7, 11) is 1.52. The molecule has 0 spiro atoms. The van der Waals surface area contributed by atoms with E-state index in [0.29, 0.717) is 32.0 Å². The van der Waals surface area contributed by atoms with E-state index in [9.17, 15) is 23.2 Å². The zero-order valence-corrected chi connectivity index (χ0v) is 22.2. The molecule has 40 heavy (non-hydrogen) atoms. The van der Waals surface area contributed by atoms with Crippen molar-refractivity contribution >= 4 is 35.0 Å². The second-order valence-electron chi connectivity index (χ2n) is 9.47. The molecule has 2 aromatic carbocycles. The van der Waals surface area contributed by atoms with E-state index >= 15 is 0 Å². The van der Waals surface area contributed by atoms with Gasteiger partial charge in [0, 0.05) is 63.3 Å². The van der Waals surface area contributed by atoms with Crippen LogP contribution in [-0.2, 0) is 16.1 Å². The SMILES string of the molecule is CN(C(=O)NCc1cccc(F)c1F)[C@@](CCC=O)(COC(=O)Nc1cc2ccccc2cn1)N1CCNCC1. The first-order valence-electron chi connectivity index (χ1n) is 13.0. The number of ether oxygens (including phenoxy) is 1. The molecule has 0 bridgehead atoms. The Morgan fingerprint density at radius 3 is 2.65 bits per heavy atom. The van der Waals surface area contributed by atoms with E-state index < -0.39 is 29.4 Å². The summed E-state index contributed by atoms with van der Waals surface area (Å²) in [5, 5.41) is 10.3. The average molecular weight is 555 g/mol. The Bertz CT molecular complexity index is 1350. The van der Waals surface area contributed by atoms with Gasteiger partial charge in [0.1, 0.15) is 24.4 Å². The second-order valence-corrected chi connectivity index (χ2v) is 9.47. The molecule has 3 aromatic rings. The van der Waals surface area contributed by atoms with E-state index in [4.69, 9.17) is 4.74 Å². The molecule has 3 amide bonds. The molecule has 212 valence electrons. The van der Waals surface area contributed by atoms with Crippen LogP contribution in [0.15, 0.2) is 54.7 Å². The van der Waals surface area contributed by atoms with Crippen molar-refractivity contribution in [1.29, 1.82) is 0 Å². The Kier molecular flexibility index (Phi) is 9.56. The summed E-state index contributed by atoms with van der Waals surface area (Å²) < 4.78 is 33.4. The number of anilines is 1. The Balaban J connectivity index is 1.52. The van der Waals surface area contributed by atoms with Crippen LogP contribution in [0, 0.1) is 11.6 Å². The third kappa shape index (κ3) is 6.69. The number of fused-ring (bicyclic) bond motifs is 1. The highest BCUT2D eigenvalue weighted by molar-refractivity contribution is 5.89. The number of aromatic nitrogens is 1. The standard InChI is InChI=1S/C28H32F2N6O4/c1-35(26(38)33-18-22-8-4-9-23(29)25(22)30)28(10-5-15-37,36-13-11-31-12-14-36)19-40-27(39)34-24-16-20-6-2-3-7-21(20)17-32-24/h2-4,6-9,15-17,31H,5,10-14,18-19H2,1H3,(H,33,38)(H,32,34,39)/t28-/m1/s1. The second kappa shape index (κ2) is 13.3.